The number of hydrogen-bond acceptors (Lipinski definition) is 4. The van der Waals surface area contributed by atoms with E-state index in [2.05, 4.69) is 10.6 Å². The van der Waals surface area contributed by atoms with Gasteiger partial charge in [0.2, 0.25) is 15.9 Å². The zero-order chi connectivity index (χ0) is 24.7. The lowest BCUT2D eigenvalue weighted by Crippen LogP contribution is -2.47. The van der Waals surface area contributed by atoms with Crippen molar-refractivity contribution in [3.63, 3.8) is 0 Å². The Balaban J connectivity index is 1.84. The summed E-state index contributed by atoms with van der Waals surface area (Å²) in [5, 5.41) is 5.72. The van der Waals surface area contributed by atoms with Crippen LogP contribution in [-0.2, 0) is 14.8 Å². The van der Waals surface area contributed by atoms with Gasteiger partial charge in [0, 0.05) is 0 Å². The first-order valence-corrected chi connectivity index (χ1v) is 12.9. The van der Waals surface area contributed by atoms with E-state index in [0.29, 0.717) is 16.9 Å². The number of sulfonamides is 1. The van der Waals surface area contributed by atoms with E-state index in [1.165, 1.54) is 0 Å². The van der Waals surface area contributed by atoms with Gasteiger partial charge in [-0.15, -0.1) is 0 Å². The Morgan fingerprint density at radius 3 is 2.03 bits per heavy atom. The van der Waals surface area contributed by atoms with Crippen LogP contribution in [0.2, 0.25) is 0 Å². The van der Waals surface area contributed by atoms with Gasteiger partial charge >= 0.3 is 0 Å². The molecular formula is C26H29N3O4S. The van der Waals surface area contributed by atoms with Crippen molar-refractivity contribution in [3.05, 3.63) is 96.1 Å². The van der Waals surface area contributed by atoms with Crippen molar-refractivity contribution in [2.24, 2.45) is 0 Å². The molecule has 34 heavy (non-hydrogen) atoms. The molecule has 7 nitrogen and oxygen atoms in total. The zero-order valence-electron chi connectivity index (χ0n) is 19.4. The fourth-order valence-electron chi connectivity index (χ4n) is 3.74. The molecular weight excluding hydrogens is 450 g/mol. The van der Waals surface area contributed by atoms with Crippen molar-refractivity contribution in [2.45, 2.75) is 32.4 Å². The molecule has 0 spiro atoms. The number of hydrogen-bond donors (Lipinski definition) is 2. The van der Waals surface area contributed by atoms with Crippen LogP contribution in [0.15, 0.2) is 84.9 Å². The number of amides is 2. The number of nitrogens with zero attached hydrogens (tertiary/aromatic N) is 1. The number of nitrogens with one attached hydrogen (secondary N) is 2. The normalized spacial score (nSPS) is 12.9. The predicted molar refractivity (Wildman–Crippen MR) is 135 cm³/mol. The summed E-state index contributed by atoms with van der Waals surface area (Å²) in [4.78, 5) is 26.3. The van der Waals surface area contributed by atoms with Crippen molar-refractivity contribution in [2.75, 3.05) is 15.9 Å². The van der Waals surface area contributed by atoms with E-state index in [0.717, 1.165) is 16.1 Å². The van der Waals surface area contributed by atoms with E-state index in [9.17, 15) is 18.0 Å². The van der Waals surface area contributed by atoms with Gasteiger partial charge in [0.1, 0.15) is 6.04 Å². The van der Waals surface area contributed by atoms with E-state index in [1.807, 2.05) is 37.3 Å². The fourth-order valence-corrected chi connectivity index (χ4v) is 4.95. The lowest BCUT2D eigenvalue weighted by Gasteiger charge is -2.30. The molecule has 0 bridgehead atoms. The quantitative estimate of drug-likeness (QED) is 0.477. The van der Waals surface area contributed by atoms with Crippen molar-refractivity contribution < 1.29 is 18.0 Å². The summed E-state index contributed by atoms with van der Waals surface area (Å²) in [7, 11) is -3.75. The number of para-hydroxylation sites is 2. The summed E-state index contributed by atoms with van der Waals surface area (Å²) in [6.07, 6.45) is 1.31. The second-order valence-corrected chi connectivity index (χ2v) is 9.82. The van der Waals surface area contributed by atoms with Gasteiger partial charge in [-0.25, -0.2) is 8.42 Å². The Bertz CT molecular complexity index is 1230. The molecule has 0 fully saturated rings. The van der Waals surface area contributed by atoms with Gasteiger partial charge in [0.25, 0.3) is 5.91 Å². The Hall–Kier alpha value is -3.65. The van der Waals surface area contributed by atoms with Crippen LogP contribution in [0.1, 0.15) is 42.2 Å². The maximum absolute atomic E-state index is 13.3. The lowest BCUT2D eigenvalue weighted by molar-refractivity contribution is -0.117. The summed E-state index contributed by atoms with van der Waals surface area (Å²) >= 11 is 0. The maximum Gasteiger partial charge on any atom is 0.253 e. The zero-order valence-corrected chi connectivity index (χ0v) is 20.2. The summed E-state index contributed by atoms with van der Waals surface area (Å²) in [5.74, 6) is -0.864. The molecule has 0 saturated heterocycles. The highest BCUT2D eigenvalue weighted by Crippen LogP contribution is 2.24. The van der Waals surface area contributed by atoms with Crippen molar-refractivity contribution >= 4 is 33.2 Å². The second kappa shape index (κ2) is 11.0. The number of benzene rings is 3. The topological polar surface area (TPSA) is 95.6 Å². The standard InChI is InChI=1S/C26H29N3O4S/c1-4-24(29(34(3,32)33)21-15-9-6-10-16-21)26(31)28-23-18-12-11-17-22(23)25(30)27-19(2)20-13-7-5-8-14-20/h5-19,24H,4H2,1-3H3,(H,27,30)(H,28,31)/t19-,24-/m1/s1. The summed E-state index contributed by atoms with van der Waals surface area (Å²) < 4.78 is 26.3. The molecule has 2 atom stereocenters. The Labute approximate surface area is 200 Å². The largest absolute Gasteiger partial charge is 0.345 e. The van der Waals surface area contributed by atoms with Crippen molar-refractivity contribution in [3.8, 4) is 0 Å². The van der Waals surface area contributed by atoms with Crippen LogP contribution in [0.3, 0.4) is 0 Å². The Morgan fingerprint density at radius 1 is 0.882 bits per heavy atom. The summed E-state index contributed by atoms with van der Waals surface area (Å²) in [6, 6.07) is 23.5. The summed E-state index contributed by atoms with van der Waals surface area (Å²) in [6.45, 7) is 3.62. The van der Waals surface area contributed by atoms with Crippen LogP contribution < -0.4 is 14.9 Å². The number of carbonyl (C=O) groups is 2. The van der Waals surface area contributed by atoms with Crippen LogP contribution >= 0.6 is 0 Å². The first kappa shape index (κ1) is 25.0. The smallest absolute Gasteiger partial charge is 0.253 e. The highest BCUT2D eigenvalue weighted by molar-refractivity contribution is 7.92. The van der Waals surface area contributed by atoms with Gasteiger partial charge in [-0.2, -0.15) is 0 Å². The third-order valence-corrected chi connectivity index (χ3v) is 6.60. The monoisotopic (exact) mass is 479 g/mol. The van der Waals surface area contributed by atoms with Gasteiger partial charge in [-0.3, -0.25) is 13.9 Å². The molecule has 3 aromatic rings. The van der Waals surface area contributed by atoms with Crippen LogP contribution in [0.4, 0.5) is 11.4 Å². The molecule has 3 aromatic carbocycles. The first-order chi connectivity index (χ1) is 16.2. The van der Waals surface area contributed by atoms with E-state index in [4.69, 9.17) is 0 Å². The van der Waals surface area contributed by atoms with E-state index in [-0.39, 0.29) is 18.4 Å². The first-order valence-electron chi connectivity index (χ1n) is 11.0. The number of anilines is 2. The van der Waals surface area contributed by atoms with E-state index in [1.54, 1.807) is 61.5 Å². The minimum Gasteiger partial charge on any atom is -0.345 e. The van der Waals surface area contributed by atoms with E-state index < -0.39 is 22.0 Å². The third-order valence-electron chi connectivity index (χ3n) is 5.42. The molecule has 0 unspecified atom stereocenters. The maximum atomic E-state index is 13.3. The molecule has 2 amide bonds. The Kier molecular flexibility index (Phi) is 8.07. The second-order valence-electron chi connectivity index (χ2n) is 7.96. The molecule has 8 heteroatoms. The van der Waals surface area contributed by atoms with Gasteiger partial charge in [0.15, 0.2) is 0 Å². The molecule has 0 aliphatic heterocycles. The number of rotatable bonds is 9. The molecule has 3 rings (SSSR count). The van der Waals surface area contributed by atoms with Crippen LogP contribution in [0.5, 0.6) is 0 Å². The van der Waals surface area contributed by atoms with Crippen molar-refractivity contribution in [1.82, 2.24) is 5.32 Å². The SMILES string of the molecule is CC[C@H](C(=O)Nc1ccccc1C(=O)N[C@H](C)c1ccccc1)N(c1ccccc1)S(C)(=O)=O. The molecule has 0 saturated carbocycles. The van der Waals surface area contributed by atoms with Gasteiger partial charge < -0.3 is 10.6 Å². The number of carbonyl (C=O) groups excluding carboxylic acids is 2. The molecule has 2 N–H and O–H groups in total. The van der Waals surface area contributed by atoms with Gasteiger partial charge in [0.05, 0.1) is 29.2 Å². The molecule has 0 heterocycles. The average molecular weight is 480 g/mol. The molecule has 0 radical (unpaired) electrons. The Morgan fingerprint density at radius 2 is 1.44 bits per heavy atom. The minimum atomic E-state index is -3.75. The third kappa shape index (κ3) is 6.02. The highest BCUT2D eigenvalue weighted by Gasteiger charge is 2.32. The van der Waals surface area contributed by atoms with Gasteiger partial charge in [-0.05, 0) is 43.2 Å². The fraction of sp³-hybridized carbons (Fsp3) is 0.231. The molecule has 178 valence electrons. The molecule has 0 aliphatic rings. The van der Waals surface area contributed by atoms with Crippen molar-refractivity contribution in [1.29, 1.82) is 0 Å². The predicted octanol–water partition coefficient (Wildman–Crippen LogP) is 4.36. The van der Waals surface area contributed by atoms with Crippen LogP contribution in [0, 0.1) is 0 Å². The van der Waals surface area contributed by atoms with E-state index >= 15 is 0 Å². The average Bonchev–Trinajstić information content (AvgIpc) is 2.82. The highest BCUT2D eigenvalue weighted by atomic mass is 32.2. The minimum absolute atomic E-state index is 0.236. The summed E-state index contributed by atoms with van der Waals surface area (Å²) in [5.41, 5.74) is 1.95. The molecule has 0 aromatic heterocycles. The van der Waals surface area contributed by atoms with Crippen LogP contribution in [0.25, 0.3) is 0 Å². The van der Waals surface area contributed by atoms with Crippen LogP contribution in [-0.4, -0.2) is 32.5 Å². The van der Waals surface area contributed by atoms with Gasteiger partial charge in [-0.1, -0.05) is 67.6 Å². The lowest BCUT2D eigenvalue weighted by atomic mass is 10.1. The molecule has 0 aliphatic carbocycles.